The average molecular weight is 214 g/mol. The minimum atomic E-state index is -1.00. The lowest BCUT2D eigenvalue weighted by Crippen LogP contribution is -2.30. The maximum atomic E-state index is 10.2. The van der Waals surface area contributed by atoms with E-state index in [4.69, 9.17) is 22.3 Å². The van der Waals surface area contributed by atoms with Crippen LogP contribution < -0.4 is 17.2 Å². The third-order valence-corrected chi connectivity index (χ3v) is 1.28. The zero-order valence-corrected chi connectivity index (χ0v) is 7.55. The SMILES string of the molecule is F.F.NC(N)=NCCCC(N)C(=O)O. The van der Waals surface area contributed by atoms with Crippen LogP contribution in [0.1, 0.15) is 12.8 Å². The van der Waals surface area contributed by atoms with Gasteiger partial charge in [0.05, 0.1) is 0 Å². The first-order valence-electron chi connectivity index (χ1n) is 3.58. The molecule has 0 aromatic carbocycles. The topological polar surface area (TPSA) is 128 Å². The van der Waals surface area contributed by atoms with Crippen LogP contribution in [-0.4, -0.2) is 29.6 Å². The molecule has 0 radical (unpaired) electrons. The Balaban J connectivity index is -0.000000605. The third kappa shape index (κ3) is 10.6. The van der Waals surface area contributed by atoms with Gasteiger partial charge in [0.1, 0.15) is 6.04 Å². The lowest BCUT2D eigenvalue weighted by molar-refractivity contribution is -0.138. The molecule has 14 heavy (non-hydrogen) atoms. The van der Waals surface area contributed by atoms with Crippen LogP contribution in [0.25, 0.3) is 0 Å². The monoisotopic (exact) mass is 214 g/mol. The van der Waals surface area contributed by atoms with Crippen molar-refractivity contribution in [3.63, 3.8) is 0 Å². The van der Waals surface area contributed by atoms with Crippen LogP contribution in [0.3, 0.4) is 0 Å². The van der Waals surface area contributed by atoms with Crippen LogP contribution >= 0.6 is 0 Å². The molecule has 0 aromatic rings. The minimum Gasteiger partial charge on any atom is -0.480 e. The Hall–Kier alpha value is -1.44. The van der Waals surface area contributed by atoms with E-state index in [2.05, 4.69) is 4.99 Å². The largest absolute Gasteiger partial charge is 0.480 e. The van der Waals surface area contributed by atoms with Gasteiger partial charge in [-0.25, -0.2) is 0 Å². The van der Waals surface area contributed by atoms with Crippen LogP contribution in [0, 0.1) is 0 Å². The number of nitrogens with two attached hydrogens (primary N) is 3. The molecule has 0 saturated heterocycles. The number of carboxylic acid groups (broad SMARTS) is 1. The first-order chi connectivity index (χ1) is 5.54. The molecule has 0 aliphatic heterocycles. The van der Waals surface area contributed by atoms with E-state index >= 15 is 0 Å². The van der Waals surface area contributed by atoms with Crippen molar-refractivity contribution in [2.45, 2.75) is 18.9 Å². The van der Waals surface area contributed by atoms with Gasteiger partial charge in [0.2, 0.25) is 0 Å². The van der Waals surface area contributed by atoms with Gasteiger partial charge < -0.3 is 22.3 Å². The molecule has 0 aliphatic carbocycles. The van der Waals surface area contributed by atoms with E-state index in [1.54, 1.807) is 0 Å². The second-order valence-corrected chi connectivity index (χ2v) is 2.39. The Morgan fingerprint density at radius 3 is 2.21 bits per heavy atom. The zero-order chi connectivity index (χ0) is 9.56. The van der Waals surface area contributed by atoms with E-state index in [0.717, 1.165) is 0 Å². The number of aliphatic imine (C=N–C) groups is 1. The molecule has 7 N–H and O–H groups in total. The van der Waals surface area contributed by atoms with E-state index < -0.39 is 12.0 Å². The van der Waals surface area contributed by atoms with Crippen molar-refractivity contribution in [3.05, 3.63) is 0 Å². The van der Waals surface area contributed by atoms with Gasteiger partial charge in [-0.15, -0.1) is 0 Å². The third-order valence-electron chi connectivity index (χ3n) is 1.28. The van der Waals surface area contributed by atoms with Crippen molar-refractivity contribution in [1.29, 1.82) is 0 Å². The number of carboxylic acids is 1. The molecule has 0 rings (SSSR count). The van der Waals surface area contributed by atoms with Crippen LogP contribution in [0.2, 0.25) is 0 Å². The van der Waals surface area contributed by atoms with Gasteiger partial charge in [0.15, 0.2) is 5.96 Å². The normalized spacial score (nSPS) is 10.4. The maximum absolute atomic E-state index is 10.2. The summed E-state index contributed by atoms with van der Waals surface area (Å²) in [6, 6.07) is -0.820. The standard InChI is InChI=1S/C6H14N4O2.2FH/c7-4(5(11)12)2-1-3-10-6(8)9;;/h4H,1-3,7H2,(H,11,12)(H4,8,9,10);2*1H. The summed E-state index contributed by atoms with van der Waals surface area (Å²) in [6.07, 6.45) is 0.956. The number of guanidine groups is 1. The Morgan fingerprint density at radius 2 is 1.86 bits per heavy atom. The Bertz CT molecular complexity index is 185. The van der Waals surface area contributed by atoms with Crippen molar-refractivity contribution in [2.75, 3.05) is 6.54 Å². The summed E-state index contributed by atoms with van der Waals surface area (Å²) in [7, 11) is 0. The van der Waals surface area contributed by atoms with Gasteiger partial charge >= 0.3 is 5.97 Å². The predicted octanol–water partition coefficient (Wildman–Crippen LogP) is -1.24. The number of aliphatic carboxylic acids is 1. The molecule has 86 valence electrons. The quantitative estimate of drug-likeness (QED) is 0.258. The van der Waals surface area contributed by atoms with Crippen molar-refractivity contribution in [2.24, 2.45) is 22.2 Å². The van der Waals surface area contributed by atoms with Crippen molar-refractivity contribution in [1.82, 2.24) is 0 Å². The van der Waals surface area contributed by atoms with Gasteiger partial charge in [0, 0.05) is 6.54 Å². The van der Waals surface area contributed by atoms with Gasteiger partial charge in [-0.1, -0.05) is 0 Å². The van der Waals surface area contributed by atoms with E-state index in [1.807, 2.05) is 0 Å². The van der Waals surface area contributed by atoms with E-state index in [0.29, 0.717) is 19.4 Å². The second kappa shape index (κ2) is 9.65. The molecule has 0 aromatic heterocycles. The highest BCUT2D eigenvalue weighted by molar-refractivity contribution is 5.75. The van der Waals surface area contributed by atoms with Crippen molar-refractivity contribution < 1.29 is 19.3 Å². The van der Waals surface area contributed by atoms with E-state index in [9.17, 15) is 4.79 Å². The van der Waals surface area contributed by atoms with Crippen molar-refractivity contribution in [3.8, 4) is 0 Å². The summed E-state index contributed by atoms with van der Waals surface area (Å²) in [5.41, 5.74) is 15.3. The lowest BCUT2D eigenvalue weighted by atomic mass is 10.2. The molecule has 1 atom stereocenters. The smallest absolute Gasteiger partial charge is 0.320 e. The zero-order valence-electron chi connectivity index (χ0n) is 7.55. The average Bonchev–Trinajstić information content (AvgIpc) is 1.97. The molecule has 0 heterocycles. The van der Waals surface area contributed by atoms with Crippen LogP contribution in [0.4, 0.5) is 9.41 Å². The molecule has 0 bridgehead atoms. The number of nitrogens with zero attached hydrogens (tertiary/aromatic N) is 1. The summed E-state index contributed by atoms with van der Waals surface area (Å²) in [5.74, 6) is -0.987. The summed E-state index contributed by atoms with van der Waals surface area (Å²) in [6.45, 7) is 0.420. The molecule has 0 fully saturated rings. The van der Waals surface area contributed by atoms with Crippen LogP contribution in [-0.2, 0) is 4.79 Å². The van der Waals surface area contributed by atoms with E-state index in [1.165, 1.54) is 0 Å². The Kier molecular flexibility index (Phi) is 12.7. The van der Waals surface area contributed by atoms with Crippen LogP contribution in [0.15, 0.2) is 4.99 Å². The summed E-state index contributed by atoms with van der Waals surface area (Å²) in [4.78, 5) is 13.9. The first-order valence-corrected chi connectivity index (χ1v) is 3.58. The molecular formula is C6H16F2N4O2. The highest BCUT2D eigenvalue weighted by Gasteiger charge is 2.09. The molecule has 0 aliphatic rings. The fourth-order valence-electron chi connectivity index (χ4n) is 0.643. The number of rotatable bonds is 5. The van der Waals surface area contributed by atoms with Gasteiger partial charge in [0.25, 0.3) is 0 Å². The predicted molar refractivity (Wildman–Crippen MR) is 50.5 cm³/mol. The first kappa shape index (κ1) is 18.4. The van der Waals surface area contributed by atoms with Crippen molar-refractivity contribution >= 4 is 11.9 Å². The summed E-state index contributed by atoms with van der Waals surface area (Å²) < 4.78 is 0. The maximum Gasteiger partial charge on any atom is 0.320 e. The number of halogens is 2. The number of hydrogen-bond acceptors (Lipinski definition) is 3. The molecule has 8 heteroatoms. The highest BCUT2D eigenvalue weighted by atomic mass is 19.0. The van der Waals surface area contributed by atoms with Gasteiger partial charge in [-0.2, -0.15) is 0 Å². The van der Waals surface area contributed by atoms with Gasteiger partial charge in [-0.3, -0.25) is 19.2 Å². The molecule has 1 unspecified atom stereocenters. The second-order valence-electron chi connectivity index (χ2n) is 2.39. The minimum absolute atomic E-state index is 0. The molecule has 0 spiro atoms. The highest BCUT2D eigenvalue weighted by Crippen LogP contribution is 1.94. The van der Waals surface area contributed by atoms with Gasteiger partial charge in [-0.05, 0) is 12.8 Å². The molecule has 6 nitrogen and oxygen atoms in total. The summed E-state index contributed by atoms with van der Waals surface area (Å²) >= 11 is 0. The lowest BCUT2D eigenvalue weighted by Gasteiger charge is -2.03. The Morgan fingerprint density at radius 1 is 1.36 bits per heavy atom. The molecule has 0 amide bonds. The fourth-order valence-corrected chi connectivity index (χ4v) is 0.643. The van der Waals surface area contributed by atoms with E-state index in [-0.39, 0.29) is 15.4 Å². The molecular weight excluding hydrogens is 198 g/mol. The fraction of sp³-hybridized carbons (Fsp3) is 0.667. The Labute approximate surface area is 79.9 Å². The molecule has 0 saturated carbocycles. The number of hydrogen-bond donors (Lipinski definition) is 4. The van der Waals surface area contributed by atoms with Crippen LogP contribution in [0.5, 0.6) is 0 Å². The summed E-state index contributed by atoms with van der Waals surface area (Å²) in [5, 5.41) is 8.38. The number of carbonyl (C=O) groups is 1.